The molecule has 1 aromatic carbocycles. The van der Waals surface area contributed by atoms with Crippen LogP contribution in [0.4, 0.5) is 0 Å². The fourth-order valence-corrected chi connectivity index (χ4v) is 0.450. The van der Waals surface area contributed by atoms with Crippen molar-refractivity contribution in [1.82, 2.24) is 0 Å². The van der Waals surface area contributed by atoms with Gasteiger partial charge in [-0.1, -0.05) is 24.3 Å². The molecule has 1 aromatic rings. The number of hydrogen-bond donors (Lipinski definition) is 0. The van der Waals surface area contributed by atoms with E-state index >= 15 is 0 Å². The number of rotatable bonds is 0. The van der Waals surface area contributed by atoms with E-state index in [0.29, 0.717) is 0 Å². The zero-order chi connectivity index (χ0) is 5.98. The molecule has 0 aromatic heterocycles. The van der Waals surface area contributed by atoms with Crippen LogP contribution < -0.4 is 10.2 Å². The summed E-state index contributed by atoms with van der Waals surface area (Å²) in [5, 5.41) is 20.6. The Morgan fingerprint density at radius 1 is 0.900 bits per heavy atom. The Hall–Kier alpha value is -0.141. The predicted octanol–water partition coefficient (Wildman–Crippen LogP) is -0.171. The largest absolute Gasteiger partial charge is 3.00 e. The first-order valence-corrected chi connectivity index (χ1v) is 2.24. The molecule has 0 heterocycles. The van der Waals surface area contributed by atoms with Gasteiger partial charge >= 0.3 is 34.1 Å². The molecule has 1 radical (unpaired) electrons. The van der Waals surface area contributed by atoms with Gasteiger partial charge in [0.15, 0.2) is 0 Å². The summed E-state index contributed by atoms with van der Waals surface area (Å²) >= 11 is 0. The van der Waals surface area contributed by atoms with Crippen LogP contribution in [0.5, 0.6) is 11.5 Å². The summed E-state index contributed by atoms with van der Waals surface area (Å²) in [7, 11) is 0. The molecule has 0 unspecified atom stereocenters. The zero-order valence-corrected chi connectivity index (χ0v) is 7.04. The van der Waals surface area contributed by atoms with Crippen molar-refractivity contribution in [2.45, 2.75) is 0 Å². The van der Waals surface area contributed by atoms with Crippen molar-refractivity contribution in [3.05, 3.63) is 24.3 Å². The summed E-state index contributed by atoms with van der Waals surface area (Å²) in [5.74, 6) is -0.875. The molecule has 0 amide bonds. The van der Waals surface area contributed by atoms with E-state index in [1.807, 2.05) is 0 Å². The Morgan fingerprint density at radius 3 is 1.40 bits per heavy atom. The second kappa shape index (κ2) is 5.63. The quantitative estimate of drug-likeness (QED) is 0.569. The minimum absolute atomic E-state index is 0. The molecule has 2 nitrogen and oxygen atoms in total. The number of para-hydroxylation sites is 2. The van der Waals surface area contributed by atoms with Crippen LogP contribution >= 0.6 is 0 Å². The van der Waals surface area contributed by atoms with Gasteiger partial charge in [0.1, 0.15) is 0 Å². The monoisotopic (exact) mass is 220 g/mol. The minimum Gasteiger partial charge on any atom is -0.873 e. The Kier molecular flexibility index (Phi) is 7.05. The maximum atomic E-state index is 10.3. The van der Waals surface area contributed by atoms with Crippen LogP contribution in [0.25, 0.3) is 0 Å². The molecule has 0 aliphatic heterocycles. The molecule has 53 valence electrons. The van der Waals surface area contributed by atoms with Crippen LogP contribution in [0.3, 0.4) is 0 Å². The first kappa shape index (κ1) is 12.5. The van der Waals surface area contributed by atoms with E-state index in [1.165, 1.54) is 12.1 Å². The summed E-state index contributed by atoms with van der Waals surface area (Å²) in [6.45, 7) is 0. The molecule has 0 spiro atoms. The van der Waals surface area contributed by atoms with E-state index in [-0.39, 0.29) is 34.1 Å². The molecule has 0 saturated carbocycles. The smallest absolute Gasteiger partial charge is 0.873 e. The van der Waals surface area contributed by atoms with Crippen LogP contribution in [0.15, 0.2) is 24.3 Å². The van der Waals surface area contributed by atoms with Gasteiger partial charge < -0.3 is 10.2 Å². The first-order chi connectivity index (χ1) is 3.80. The topological polar surface area (TPSA) is 46.1 Å². The standard InChI is InChI=1S/C6H6O2.2Fe/c7-5-3-1-2-4-6(5)8;;/h1-4,7-8H;;/q;+2;+3/p-2. The number of benzene rings is 1. The molecule has 0 aliphatic carbocycles. The zero-order valence-electron chi connectivity index (χ0n) is 4.83. The summed E-state index contributed by atoms with van der Waals surface area (Å²) in [6, 6.07) is 5.60. The minimum atomic E-state index is -0.437. The van der Waals surface area contributed by atoms with E-state index in [0.717, 1.165) is 0 Å². The molecule has 0 aliphatic rings. The van der Waals surface area contributed by atoms with Gasteiger partial charge in [0.2, 0.25) is 0 Å². The van der Waals surface area contributed by atoms with Crippen LogP contribution in [-0.4, -0.2) is 0 Å². The Morgan fingerprint density at radius 2 is 1.20 bits per heavy atom. The van der Waals surface area contributed by atoms with E-state index < -0.39 is 11.5 Å². The third-order valence-electron chi connectivity index (χ3n) is 0.849. The fourth-order valence-electron chi connectivity index (χ4n) is 0.450. The van der Waals surface area contributed by atoms with E-state index in [4.69, 9.17) is 0 Å². The molecule has 4 heteroatoms. The average Bonchev–Trinajstić information content (AvgIpc) is 1.77. The van der Waals surface area contributed by atoms with Crippen LogP contribution in [0.1, 0.15) is 0 Å². The summed E-state index contributed by atoms with van der Waals surface area (Å²) in [4.78, 5) is 0. The first-order valence-electron chi connectivity index (χ1n) is 2.24. The van der Waals surface area contributed by atoms with E-state index in [9.17, 15) is 10.2 Å². The second-order valence-electron chi connectivity index (χ2n) is 1.45. The molecule has 0 fully saturated rings. The SMILES string of the molecule is [Fe+2].[Fe+3].[O-]c1ccccc1[O-]. The average molecular weight is 220 g/mol. The maximum Gasteiger partial charge on any atom is 3.00 e. The molecular weight excluding hydrogens is 216 g/mol. The third kappa shape index (κ3) is 3.14. The molecule has 0 atom stereocenters. The summed E-state index contributed by atoms with van der Waals surface area (Å²) < 4.78 is 0. The van der Waals surface area contributed by atoms with Gasteiger partial charge in [0.25, 0.3) is 0 Å². The molecule has 10 heavy (non-hydrogen) atoms. The van der Waals surface area contributed by atoms with Crippen molar-refractivity contribution in [1.29, 1.82) is 0 Å². The van der Waals surface area contributed by atoms with Crippen molar-refractivity contribution < 1.29 is 44.4 Å². The molecular formula is C6H4Fe2O2+3. The van der Waals surface area contributed by atoms with Crippen molar-refractivity contribution in [3.8, 4) is 11.5 Å². The van der Waals surface area contributed by atoms with Crippen LogP contribution in [0.2, 0.25) is 0 Å². The maximum absolute atomic E-state index is 10.3. The molecule has 1 rings (SSSR count). The van der Waals surface area contributed by atoms with Gasteiger partial charge in [-0.15, -0.1) is 11.5 Å². The number of hydrogen-bond acceptors (Lipinski definition) is 2. The van der Waals surface area contributed by atoms with Gasteiger partial charge in [-0.05, 0) is 0 Å². The van der Waals surface area contributed by atoms with Gasteiger partial charge in [-0.3, -0.25) is 0 Å². The Bertz CT molecular complexity index is 170. The van der Waals surface area contributed by atoms with E-state index in [1.54, 1.807) is 12.1 Å². The van der Waals surface area contributed by atoms with Gasteiger partial charge in [0.05, 0.1) is 0 Å². The third-order valence-corrected chi connectivity index (χ3v) is 0.849. The molecule has 0 N–H and O–H groups in total. The van der Waals surface area contributed by atoms with Crippen molar-refractivity contribution in [3.63, 3.8) is 0 Å². The Balaban J connectivity index is 0. The van der Waals surface area contributed by atoms with Crippen molar-refractivity contribution in [2.24, 2.45) is 0 Å². The predicted molar refractivity (Wildman–Crippen MR) is 25.3 cm³/mol. The van der Waals surface area contributed by atoms with Gasteiger partial charge in [-0.25, -0.2) is 0 Å². The summed E-state index contributed by atoms with van der Waals surface area (Å²) in [6.07, 6.45) is 0. The summed E-state index contributed by atoms with van der Waals surface area (Å²) in [5.41, 5.74) is 0. The second-order valence-corrected chi connectivity index (χ2v) is 1.45. The molecule has 0 bridgehead atoms. The van der Waals surface area contributed by atoms with Crippen molar-refractivity contribution in [2.75, 3.05) is 0 Å². The Labute approximate surface area is 80.2 Å². The molecule has 0 saturated heterocycles. The van der Waals surface area contributed by atoms with E-state index in [2.05, 4.69) is 0 Å². The van der Waals surface area contributed by atoms with Crippen LogP contribution in [-0.2, 0) is 34.1 Å². The van der Waals surface area contributed by atoms with Crippen molar-refractivity contribution >= 4 is 0 Å². The fraction of sp³-hybridized carbons (Fsp3) is 0. The normalized spacial score (nSPS) is 7.20. The van der Waals surface area contributed by atoms with Crippen LogP contribution in [0, 0.1) is 0 Å². The van der Waals surface area contributed by atoms with Gasteiger partial charge in [0, 0.05) is 0 Å². The van der Waals surface area contributed by atoms with Gasteiger partial charge in [-0.2, -0.15) is 0 Å².